The number of hydrogen-bond donors (Lipinski definition) is 4. The minimum absolute atomic E-state index is 0.0746. The lowest BCUT2D eigenvalue weighted by atomic mass is 10.0. The first-order valence-electron chi connectivity index (χ1n) is 19.5. The number of likely N-dealkylation sites (tertiary alicyclic amines) is 1. The van der Waals surface area contributed by atoms with Gasteiger partial charge in [0.1, 0.15) is 41.2 Å². The molecule has 2 aliphatic rings. The molecule has 15 heteroatoms. The number of rotatable bonds is 23. The highest BCUT2D eigenvalue weighted by Gasteiger charge is 2.33. The van der Waals surface area contributed by atoms with Crippen molar-refractivity contribution in [3.8, 4) is 23.0 Å². The van der Waals surface area contributed by atoms with Gasteiger partial charge in [-0.2, -0.15) is 17.6 Å². The van der Waals surface area contributed by atoms with E-state index in [-0.39, 0.29) is 48.1 Å². The molecule has 5 atom stereocenters. The quantitative estimate of drug-likeness (QED) is 0.0497. The second-order valence-corrected chi connectivity index (χ2v) is 13.8. The normalized spacial score (nSPS) is 19.9. The Morgan fingerprint density at radius 2 is 1.34 bits per heavy atom. The van der Waals surface area contributed by atoms with E-state index in [9.17, 15) is 27.5 Å². The fraction of sp³-hybridized carbons (Fsp3) is 0.585. The molecule has 312 valence electrons. The number of carbonyl (C=O) groups is 1. The molecule has 0 bridgehead atoms. The first kappa shape index (κ1) is 44.5. The summed E-state index contributed by atoms with van der Waals surface area (Å²) in [5, 5.41) is 19.8. The van der Waals surface area contributed by atoms with E-state index in [0.29, 0.717) is 54.7 Å². The summed E-state index contributed by atoms with van der Waals surface area (Å²) in [5.41, 5.74) is 1.90. The van der Waals surface area contributed by atoms with Crippen molar-refractivity contribution in [2.24, 2.45) is 0 Å². The third-order valence-corrected chi connectivity index (χ3v) is 10.1. The van der Waals surface area contributed by atoms with Crippen molar-refractivity contribution >= 4 is 17.3 Å². The topological polar surface area (TPSA) is 123 Å². The number of aliphatic hydroxyl groups excluding tert-OH is 1. The number of nitrogens with zero attached hydrogens (tertiary/aromatic N) is 1. The lowest BCUT2D eigenvalue weighted by Gasteiger charge is -2.30. The molecular formula is C41H58F4N4O7. The maximum absolute atomic E-state index is 13.9. The summed E-state index contributed by atoms with van der Waals surface area (Å²) in [7, 11) is 4.70. The van der Waals surface area contributed by atoms with Gasteiger partial charge in [-0.1, -0.05) is 38.2 Å². The predicted molar refractivity (Wildman–Crippen MR) is 208 cm³/mol. The van der Waals surface area contributed by atoms with E-state index in [0.717, 1.165) is 32.1 Å². The van der Waals surface area contributed by atoms with Crippen LogP contribution in [0.2, 0.25) is 0 Å². The van der Waals surface area contributed by atoms with Crippen molar-refractivity contribution in [1.82, 2.24) is 10.2 Å². The summed E-state index contributed by atoms with van der Waals surface area (Å²) in [5.74, 6) is -0.0894. The Balaban J connectivity index is 1.73. The average molecular weight is 795 g/mol. The van der Waals surface area contributed by atoms with Crippen LogP contribution in [0.3, 0.4) is 0 Å². The fourth-order valence-corrected chi connectivity index (χ4v) is 7.20. The second-order valence-electron chi connectivity index (χ2n) is 13.8. The maximum atomic E-state index is 13.9. The van der Waals surface area contributed by atoms with Gasteiger partial charge in [-0.15, -0.1) is 0 Å². The summed E-state index contributed by atoms with van der Waals surface area (Å²) < 4.78 is 83.6. The zero-order valence-electron chi connectivity index (χ0n) is 33.0. The van der Waals surface area contributed by atoms with Crippen LogP contribution in [0, 0.1) is 0 Å². The molecule has 2 fully saturated rings. The molecule has 4 N–H and O–H groups in total. The van der Waals surface area contributed by atoms with Gasteiger partial charge in [0.25, 0.3) is 0 Å². The van der Waals surface area contributed by atoms with Crippen LogP contribution in [0.5, 0.6) is 23.0 Å². The Morgan fingerprint density at radius 1 is 0.786 bits per heavy atom. The molecule has 1 heterocycles. The number of alkyl halides is 4. The summed E-state index contributed by atoms with van der Waals surface area (Å²) >= 11 is 0. The van der Waals surface area contributed by atoms with Crippen molar-refractivity contribution in [2.45, 2.75) is 128 Å². The molecule has 1 saturated carbocycles. The molecule has 1 unspecified atom stereocenters. The SMILES string of the molecule is CC/C=C\CC(Oc1cc(OC(F)F)c(CN[C@@H]2CCC[C@@H]2O)cc1NC)[C@@H](C/C=C\CC)Oc1cc(OC(F)F)c(CN2CCC[C@H]2C(=O)OC)cc1NC. The molecule has 0 radical (unpaired) electrons. The van der Waals surface area contributed by atoms with Gasteiger partial charge in [0.15, 0.2) is 0 Å². The van der Waals surface area contributed by atoms with Gasteiger partial charge < -0.3 is 44.7 Å². The molecular weight excluding hydrogens is 736 g/mol. The standard InChI is InChI=1S/C41H58F4N4O7/c1-6-8-10-17-33(53-37-22-35(55-40(42)43)26(20-29(37)46-3)24-48-28-14-12-16-32(28)50)34(18-11-9-7-2)54-38-23-36(56-41(44)45)27(21-30(38)47-4)25-49-19-13-15-31(49)39(51)52-5/h8-11,20-23,28,31-34,40-41,46-48,50H,6-7,12-19,24-25H2,1-5H3/b10-8-,11-9-/t28-,31+,32+,33?,34-/m1/s1. The van der Waals surface area contributed by atoms with Crippen molar-refractivity contribution in [3.63, 3.8) is 0 Å². The maximum Gasteiger partial charge on any atom is 0.387 e. The highest BCUT2D eigenvalue weighted by Crippen LogP contribution is 2.39. The fourth-order valence-electron chi connectivity index (χ4n) is 7.20. The Morgan fingerprint density at radius 3 is 1.82 bits per heavy atom. The number of aliphatic hydroxyl groups is 1. The molecule has 11 nitrogen and oxygen atoms in total. The van der Waals surface area contributed by atoms with Gasteiger partial charge in [-0.25, -0.2) is 0 Å². The number of hydrogen-bond acceptors (Lipinski definition) is 11. The summed E-state index contributed by atoms with van der Waals surface area (Å²) in [6.45, 7) is -1.30. The lowest BCUT2D eigenvalue weighted by Crippen LogP contribution is -2.37. The van der Waals surface area contributed by atoms with E-state index in [1.807, 2.05) is 43.1 Å². The molecule has 0 amide bonds. The van der Waals surface area contributed by atoms with E-state index >= 15 is 0 Å². The van der Waals surface area contributed by atoms with Crippen LogP contribution in [0.15, 0.2) is 48.6 Å². The number of carbonyl (C=O) groups excluding carboxylic acids is 1. The highest BCUT2D eigenvalue weighted by molar-refractivity contribution is 5.76. The third kappa shape index (κ3) is 12.7. The molecule has 2 aromatic carbocycles. The van der Waals surface area contributed by atoms with Crippen LogP contribution >= 0.6 is 0 Å². The first-order valence-corrected chi connectivity index (χ1v) is 19.5. The van der Waals surface area contributed by atoms with Crippen LogP contribution in [0.4, 0.5) is 28.9 Å². The number of methoxy groups -OCH3 is 1. The number of nitrogens with one attached hydrogen (secondary N) is 3. The van der Waals surface area contributed by atoms with Crippen LogP contribution in [-0.2, 0) is 22.6 Å². The Bertz CT molecular complexity index is 1600. The van der Waals surface area contributed by atoms with E-state index in [1.165, 1.54) is 19.2 Å². The number of benzene rings is 2. The molecule has 1 saturated heterocycles. The lowest BCUT2D eigenvalue weighted by molar-refractivity contribution is -0.146. The summed E-state index contributed by atoms with van der Waals surface area (Å²) in [6, 6.07) is 5.55. The van der Waals surface area contributed by atoms with E-state index in [4.69, 9.17) is 23.7 Å². The van der Waals surface area contributed by atoms with Crippen LogP contribution < -0.4 is 34.9 Å². The Labute approximate surface area is 327 Å². The molecule has 56 heavy (non-hydrogen) atoms. The zero-order chi connectivity index (χ0) is 40.6. The van der Waals surface area contributed by atoms with Crippen molar-refractivity contribution in [3.05, 3.63) is 59.7 Å². The number of halogens is 4. The summed E-state index contributed by atoms with van der Waals surface area (Å²) in [4.78, 5) is 14.3. The largest absolute Gasteiger partial charge is 0.484 e. The number of esters is 1. The van der Waals surface area contributed by atoms with E-state index < -0.39 is 37.6 Å². The zero-order valence-corrected chi connectivity index (χ0v) is 33.0. The summed E-state index contributed by atoms with van der Waals surface area (Å²) in [6.07, 6.45) is 11.8. The molecule has 1 aliphatic heterocycles. The number of ether oxygens (including phenoxy) is 5. The van der Waals surface area contributed by atoms with Crippen molar-refractivity contribution in [2.75, 3.05) is 38.4 Å². The van der Waals surface area contributed by atoms with Crippen LogP contribution in [0.25, 0.3) is 0 Å². The monoisotopic (exact) mass is 794 g/mol. The number of anilines is 2. The molecule has 4 rings (SSSR count). The van der Waals surface area contributed by atoms with Crippen molar-refractivity contribution < 1.29 is 51.1 Å². The predicted octanol–water partition coefficient (Wildman–Crippen LogP) is 8.02. The van der Waals surface area contributed by atoms with Gasteiger partial charge in [0.2, 0.25) is 0 Å². The molecule has 2 aromatic rings. The second kappa shape index (κ2) is 22.5. The molecule has 0 spiro atoms. The Kier molecular flexibility index (Phi) is 17.9. The van der Waals surface area contributed by atoms with E-state index in [2.05, 4.69) is 16.0 Å². The van der Waals surface area contributed by atoms with Gasteiger partial charge in [0, 0.05) is 69.3 Å². The highest BCUT2D eigenvalue weighted by atomic mass is 19.3. The smallest absolute Gasteiger partial charge is 0.387 e. The average Bonchev–Trinajstić information content (AvgIpc) is 3.82. The van der Waals surface area contributed by atoms with Crippen LogP contribution in [0.1, 0.15) is 82.8 Å². The van der Waals surface area contributed by atoms with Gasteiger partial charge in [-0.3, -0.25) is 9.69 Å². The molecule has 1 aliphatic carbocycles. The van der Waals surface area contributed by atoms with E-state index in [1.54, 1.807) is 26.2 Å². The minimum atomic E-state index is -3.12. The third-order valence-electron chi connectivity index (χ3n) is 10.1. The van der Waals surface area contributed by atoms with Gasteiger partial charge >= 0.3 is 19.2 Å². The van der Waals surface area contributed by atoms with Crippen molar-refractivity contribution in [1.29, 1.82) is 0 Å². The van der Waals surface area contributed by atoms with Gasteiger partial charge in [-0.05, 0) is 63.6 Å². The molecule has 0 aromatic heterocycles. The Hall–Kier alpha value is -4.21. The van der Waals surface area contributed by atoms with Gasteiger partial charge in [0.05, 0.1) is 24.6 Å². The first-order chi connectivity index (χ1) is 27.0. The minimum Gasteiger partial charge on any atom is -0.484 e. The number of allylic oxidation sites excluding steroid dienone is 2. The van der Waals surface area contributed by atoms with Crippen LogP contribution in [-0.4, -0.2) is 87.3 Å².